The molecule has 0 atom stereocenters. The molecule has 8 aromatic carbocycles. The molecule has 0 spiro atoms. The number of nitrogens with one attached hydrogen (secondary N) is 2. The van der Waals surface area contributed by atoms with Crippen LogP contribution in [-0.4, -0.2) is 71.8 Å². The molecule has 0 saturated carbocycles. The Balaban J connectivity index is 1.04. The number of nitrogens with zero attached hydrogens (tertiary/aromatic N) is 2. The van der Waals surface area contributed by atoms with E-state index >= 15 is 0 Å². The van der Waals surface area contributed by atoms with E-state index in [1.165, 1.54) is 48.5 Å². The van der Waals surface area contributed by atoms with E-state index in [4.69, 9.17) is 9.97 Å². The molecule has 8 bridgehead atoms. The molecule has 2 aliphatic rings. The Kier molecular flexibility index (Phi) is 14.3. The number of H-pyrrole nitrogens is 2. The van der Waals surface area contributed by atoms with Gasteiger partial charge in [0.1, 0.15) is 0 Å². The molecule has 3 aromatic heterocycles. The molecule has 0 fully saturated rings. The first-order valence-corrected chi connectivity index (χ1v) is 32.7. The zero-order valence-corrected chi connectivity index (χ0v) is 48.9. The molecule has 5 heterocycles. The third-order valence-corrected chi connectivity index (χ3v) is 18.9. The van der Waals surface area contributed by atoms with Gasteiger partial charge in [-0.1, -0.05) is 146 Å². The van der Waals surface area contributed by atoms with Gasteiger partial charge in [-0.3, -0.25) is 18.2 Å². The molecule has 434 valence electrons. The van der Waals surface area contributed by atoms with Crippen molar-refractivity contribution in [1.82, 2.24) is 19.9 Å². The smallest absolute Gasteiger partial charge is 0.294 e. The average Bonchev–Trinajstić information content (AvgIpc) is 3.41. The molecule has 0 radical (unpaired) electrons. The Morgan fingerprint density at radius 2 is 0.364 bits per heavy atom. The molecule has 6 N–H and O–H groups in total. The van der Waals surface area contributed by atoms with Crippen LogP contribution in [0.2, 0.25) is 0 Å². The fraction of sp³-hybridized carbons (Fsp3) is 0. The summed E-state index contributed by atoms with van der Waals surface area (Å²) < 4.78 is 134. The second kappa shape index (κ2) is 22.1. The number of aromatic nitrogens is 4. The molecule has 0 amide bonds. The zero-order valence-electron chi connectivity index (χ0n) is 45.7. The van der Waals surface area contributed by atoms with Crippen molar-refractivity contribution < 1.29 is 51.9 Å². The van der Waals surface area contributed by atoms with Gasteiger partial charge in [-0.05, 0) is 164 Å². The van der Waals surface area contributed by atoms with Crippen LogP contribution in [0.4, 0.5) is 0 Å². The molecule has 16 nitrogen and oxygen atoms in total. The summed E-state index contributed by atoms with van der Waals surface area (Å²) in [5.74, 6) is 0. The normalized spacial score (nSPS) is 12.6. The van der Waals surface area contributed by atoms with Gasteiger partial charge in [0.05, 0.1) is 42.4 Å². The van der Waals surface area contributed by atoms with E-state index in [0.717, 1.165) is 66.8 Å². The minimum atomic E-state index is -4.41. The highest BCUT2D eigenvalue weighted by Crippen LogP contribution is 2.41. The van der Waals surface area contributed by atoms with Crippen molar-refractivity contribution >= 4 is 86.8 Å². The summed E-state index contributed by atoms with van der Waals surface area (Å²) in [6.07, 6.45) is 7.80. The zero-order chi connectivity index (χ0) is 61.3. The molecule has 13 rings (SSSR count). The van der Waals surface area contributed by atoms with Crippen LogP contribution in [0.5, 0.6) is 0 Å². The van der Waals surface area contributed by atoms with Gasteiger partial charge in [0.2, 0.25) is 0 Å². The van der Waals surface area contributed by atoms with Crippen molar-refractivity contribution in [2.24, 2.45) is 0 Å². The monoisotopic (exact) mass is 1240 g/mol. The molecule has 20 heteroatoms. The van der Waals surface area contributed by atoms with E-state index in [9.17, 15) is 51.9 Å². The summed E-state index contributed by atoms with van der Waals surface area (Å²) in [5.41, 5.74) is 17.3. The first-order valence-electron chi connectivity index (χ1n) is 27.0. The van der Waals surface area contributed by atoms with Gasteiger partial charge in [0.25, 0.3) is 40.5 Å². The van der Waals surface area contributed by atoms with Crippen LogP contribution < -0.4 is 0 Å². The first-order chi connectivity index (χ1) is 42.1. The fourth-order valence-corrected chi connectivity index (χ4v) is 12.9. The van der Waals surface area contributed by atoms with Crippen LogP contribution in [0.3, 0.4) is 0 Å². The Morgan fingerprint density at radius 1 is 0.216 bits per heavy atom. The summed E-state index contributed by atoms with van der Waals surface area (Å²) >= 11 is 0. The van der Waals surface area contributed by atoms with Crippen LogP contribution in [0.1, 0.15) is 22.8 Å². The van der Waals surface area contributed by atoms with Gasteiger partial charge in [0, 0.05) is 44.3 Å². The van der Waals surface area contributed by atoms with E-state index in [1.54, 1.807) is 48.5 Å². The van der Waals surface area contributed by atoms with Crippen molar-refractivity contribution in [3.63, 3.8) is 0 Å². The van der Waals surface area contributed by atoms with Crippen molar-refractivity contribution in [3.05, 3.63) is 241 Å². The van der Waals surface area contributed by atoms with Gasteiger partial charge < -0.3 is 9.97 Å². The summed E-state index contributed by atoms with van der Waals surface area (Å²) in [5, 5.41) is 0. The Hall–Kier alpha value is -10.0. The third-order valence-electron chi connectivity index (χ3n) is 15.4. The fourth-order valence-electron chi connectivity index (χ4n) is 11.0. The highest BCUT2D eigenvalue weighted by molar-refractivity contribution is 7.86. The topological polar surface area (TPSA) is 275 Å². The summed E-state index contributed by atoms with van der Waals surface area (Å²) in [7, 11) is -17.6. The molecule has 11 aromatic rings. The second-order valence-electron chi connectivity index (χ2n) is 20.8. The maximum atomic E-state index is 11.9. The lowest BCUT2D eigenvalue weighted by Gasteiger charge is -2.09. The summed E-state index contributed by atoms with van der Waals surface area (Å²) in [6.45, 7) is 0. The van der Waals surface area contributed by atoms with Gasteiger partial charge >= 0.3 is 0 Å². The molecule has 2 aliphatic heterocycles. The molecule has 0 saturated heterocycles. The molecular weight excluding hydrogens is 1190 g/mol. The first kappa shape index (κ1) is 57.1. The van der Waals surface area contributed by atoms with E-state index in [1.807, 2.05) is 146 Å². The molecule has 0 aliphatic carbocycles. The maximum Gasteiger partial charge on any atom is 0.294 e. The number of hydrogen-bond acceptors (Lipinski definition) is 10. The average molecular weight is 1240 g/mol. The Morgan fingerprint density at radius 3 is 0.523 bits per heavy atom. The number of rotatable bonds is 12. The summed E-state index contributed by atoms with van der Waals surface area (Å²) in [6, 6.07) is 62.7. The van der Waals surface area contributed by atoms with E-state index in [-0.39, 0.29) is 19.6 Å². The minimum absolute atomic E-state index is 0.226. The lowest BCUT2D eigenvalue weighted by molar-refractivity contribution is 0.481. The maximum absolute atomic E-state index is 11.9. The highest BCUT2D eigenvalue weighted by atomic mass is 32.2. The number of fused-ring (bicyclic) bond motifs is 8. The van der Waals surface area contributed by atoms with Gasteiger partial charge in [-0.15, -0.1) is 0 Å². The van der Waals surface area contributed by atoms with Gasteiger partial charge in [0.15, 0.2) is 0 Å². The Labute approximate surface area is 505 Å². The van der Waals surface area contributed by atoms with Crippen molar-refractivity contribution in [2.45, 2.75) is 19.6 Å². The SMILES string of the molecule is O=S(=O)(O)c1ccc(-c2ccc(-c3c4nc(c(-c5ccc(-c6ccc(S(=O)(=O)O)cc6)cc5)c5ccc([nH]5)c(-c5ccc(-c6ccc(S(=O)(=O)O)cc6)cc5)c5nc(c(-c6ccc(-c7ccc(S(=O)(=O)O)cc7)cc6)c6ccc3[nH]6)C=C5)C=C4)cc2)cc1. The Bertz CT molecular complexity index is 4680. The van der Waals surface area contributed by atoms with Crippen LogP contribution in [-0.2, 0) is 40.5 Å². The molecular formula is C68H46N4O12S4. The van der Waals surface area contributed by atoms with Crippen LogP contribution in [0, 0.1) is 0 Å². The van der Waals surface area contributed by atoms with E-state index in [0.29, 0.717) is 67.1 Å². The predicted molar refractivity (Wildman–Crippen MR) is 342 cm³/mol. The highest BCUT2D eigenvalue weighted by Gasteiger charge is 2.21. The van der Waals surface area contributed by atoms with Crippen LogP contribution >= 0.6 is 0 Å². The van der Waals surface area contributed by atoms with Gasteiger partial charge in [-0.2, -0.15) is 33.7 Å². The van der Waals surface area contributed by atoms with Crippen molar-refractivity contribution in [2.75, 3.05) is 0 Å². The van der Waals surface area contributed by atoms with E-state index in [2.05, 4.69) is 9.97 Å². The van der Waals surface area contributed by atoms with Crippen LogP contribution in [0.15, 0.2) is 238 Å². The van der Waals surface area contributed by atoms with Crippen molar-refractivity contribution in [1.29, 1.82) is 0 Å². The number of aromatic amines is 2. The number of hydrogen-bond donors (Lipinski definition) is 6. The summed E-state index contributed by atoms with van der Waals surface area (Å²) in [4.78, 5) is 17.5. The number of benzene rings is 8. The predicted octanol–water partition coefficient (Wildman–Crippen LogP) is 15.0. The standard InChI is InChI=1S/C68H46N4O12S4/c73-85(74,75)53-25-17-45(18-26-53)41-1-9-49(10-2-41)65-57-33-35-59(69-57)66(50-11-3-42(4-12-50)46-19-27-54(28-20-46)86(76,77)78)61-37-39-63(71-61)68(52-15-7-44(8-16-52)48-23-31-56(32-24-48)88(82,83)84)64-40-38-62(72-64)67(60-36-34-58(65)70-60)51-13-5-43(6-14-51)47-21-29-55(30-22-47)87(79,80)81/h1-40,69,72H,(H,73,74,75)(H,76,77,78)(H,79,80,81)(H,82,83,84). The quantitative estimate of drug-likeness (QED) is 0.0621. The minimum Gasteiger partial charge on any atom is -0.354 e. The molecule has 0 unspecified atom stereocenters. The lowest BCUT2D eigenvalue weighted by atomic mass is 9.99. The van der Waals surface area contributed by atoms with E-state index < -0.39 is 40.5 Å². The molecule has 88 heavy (non-hydrogen) atoms. The lowest BCUT2D eigenvalue weighted by Crippen LogP contribution is -1.97. The second-order valence-corrected chi connectivity index (χ2v) is 26.5. The third kappa shape index (κ3) is 11.4. The van der Waals surface area contributed by atoms with Crippen molar-refractivity contribution in [3.8, 4) is 89.0 Å². The largest absolute Gasteiger partial charge is 0.354 e. The van der Waals surface area contributed by atoms with Gasteiger partial charge in [-0.25, -0.2) is 9.97 Å². The van der Waals surface area contributed by atoms with Crippen LogP contribution in [0.25, 0.3) is 135 Å².